The standard InChI is InChI=1S/C9H16N2O2/c1-7-5-3-4-6-8(7)10-11-9(12)13-2/h7H,3-6H2,1-2H3,(H,11,12)/b10-8+. The van der Waals surface area contributed by atoms with Crippen molar-refractivity contribution in [3.8, 4) is 0 Å². The van der Waals surface area contributed by atoms with Crippen molar-refractivity contribution in [3.63, 3.8) is 0 Å². The highest BCUT2D eigenvalue weighted by molar-refractivity contribution is 5.87. The molecule has 1 unspecified atom stereocenters. The van der Waals surface area contributed by atoms with Gasteiger partial charge in [0.15, 0.2) is 0 Å². The lowest BCUT2D eigenvalue weighted by Crippen LogP contribution is -2.23. The first-order valence-corrected chi connectivity index (χ1v) is 4.64. The average Bonchev–Trinajstić information content (AvgIpc) is 2.16. The number of methoxy groups -OCH3 is 1. The predicted molar refractivity (Wildman–Crippen MR) is 50.6 cm³/mol. The van der Waals surface area contributed by atoms with Gasteiger partial charge in [-0.15, -0.1) is 0 Å². The molecule has 0 saturated heterocycles. The van der Waals surface area contributed by atoms with E-state index in [9.17, 15) is 4.79 Å². The molecule has 1 atom stereocenters. The minimum atomic E-state index is -0.495. The minimum Gasteiger partial charge on any atom is -0.452 e. The number of nitrogens with one attached hydrogen (secondary N) is 1. The number of nitrogens with zero attached hydrogens (tertiary/aromatic N) is 1. The van der Waals surface area contributed by atoms with Gasteiger partial charge in [0, 0.05) is 5.71 Å². The van der Waals surface area contributed by atoms with Crippen LogP contribution in [0.4, 0.5) is 4.79 Å². The number of hydrogen-bond donors (Lipinski definition) is 1. The predicted octanol–water partition coefficient (Wildman–Crippen LogP) is 1.91. The summed E-state index contributed by atoms with van der Waals surface area (Å²) in [6, 6.07) is 0. The number of hydrazone groups is 1. The SMILES string of the molecule is COC(=O)N/N=C1\CCCCC1C. The van der Waals surface area contributed by atoms with Crippen LogP contribution in [0.25, 0.3) is 0 Å². The van der Waals surface area contributed by atoms with Gasteiger partial charge in [-0.3, -0.25) is 0 Å². The van der Waals surface area contributed by atoms with E-state index in [0.717, 1.165) is 12.1 Å². The molecule has 4 heteroatoms. The molecule has 1 rings (SSSR count). The lowest BCUT2D eigenvalue weighted by Gasteiger charge is -2.19. The van der Waals surface area contributed by atoms with Crippen LogP contribution in [-0.4, -0.2) is 18.9 Å². The third kappa shape index (κ3) is 3.05. The van der Waals surface area contributed by atoms with Crippen LogP contribution in [0.15, 0.2) is 5.10 Å². The van der Waals surface area contributed by atoms with E-state index in [2.05, 4.69) is 22.2 Å². The quantitative estimate of drug-likeness (QED) is 0.633. The Bertz CT molecular complexity index is 214. The summed E-state index contributed by atoms with van der Waals surface area (Å²) in [6.07, 6.45) is 4.10. The average molecular weight is 184 g/mol. The van der Waals surface area contributed by atoms with Gasteiger partial charge in [0.1, 0.15) is 0 Å². The lowest BCUT2D eigenvalue weighted by atomic mass is 9.89. The Balaban J connectivity index is 2.43. The molecule has 4 nitrogen and oxygen atoms in total. The van der Waals surface area contributed by atoms with E-state index < -0.39 is 6.09 Å². The summed E-state index contributed by atoms with van der Waals surface area (Å²) in [5.41, 5.74) is 3.44. The molecule has 0 aromatic carbocycles. The fourth-order valence-electron chi connectivity index (χ4n) is 1.50. The maximum Gasteiger partial charge on any atom is 0.427 e. The molecule has 0 spiro atoms. The third-order valence-corrected chi connectivity index (χ3v) is 2.37. The molecule has 1 amide bonds. The first kappa shape index (κ1) is 10.0. The molecule has 1 saturated carbocycles. The molecule has 0 heterocycles. The Labute approximate surface area is 78.3 Å². The Kier molecular flexibility index (Phi) is 3.73. The largest absolute Gasteiger partial charge is 0.452 e. The number of amides is 1. The Hall–Kier alpha value is -1.06. The van der Waals surface area contributed by atoms with Gasteiger partial charge in [0.2, 0.25) is 0 Å². The van der Waals surface area contributed by atoms with Gasteiger partial charge in [-0.2, -0.15) is 5.10 Å². The Morgan fingerprint density at radius 1 is 1.62 bits per heavy atom. The first-order chi connectivity index (χ1) is 6.24. The van der Waals surface area contributed by atoms with Gasteiger partial charge < -0.3 is 4.74 Å². The topological polar surface area (TPSA) is 50.7 Å². The van der Waals surface area contributed by atoms with E-state index in [-0.39, 0.29) is 0 Å². The van der Waals surface area contributed by atoms with Crippen LogP contribution in [0.3, 0.4) is 0 Å². The van der Waals surface area contributed by atoms with Crippen molar-refractivity contribution in [2.75, 3.05) is 7.11 Å². The molecule has 1 fully saturated rings. The number of carbonyl (C=O) groups excluding carboxylic acids is 1. The Morgan fingerprint density at radius 3 is 3.00 bits per heavy atom. The number of rotatable bonds is 1. The van der Waals surface area contributed by atoms with Crippen LogP contribution in [-0.2, 0) is 4.74 Å². The van der Waals surface area contributed by atoms with Crippen molar-refractivity contribution < 1.29 is 9.53 Å². The fraction of sp³-hybridized carbons (Fsp3) is 0.778. The molecule has 0 aromatic rings. The zero-order valence-electron chi connectivity index (χ0n) is 8.17. The highest BCUT2D eigenvalue weighted by Gasteiger charge is 2.15. The Morgan fingerprint density at radius 2 is 2.38 bits per heavy atom. The zero-order valence-corrected chi connectivity index (χ0v) is 8.17. The molecule has 1 aliphatic carbocycles. The molecule has 1 aliphatic rings. The molecular weight excluding hydrogens is 168 g/mol. The fourth-order valence-corrected chi connectivity index (χ4v) is 1.50. The normalized spacial score (nSPS) is 25.7. The van der Waals surface area contributed by atoms with Gasteiger partial charge in [-0.1, -0.05) is 13.3 Å². The molecule has 13 heavy (non-hydrogen) atoms. The molecule has 74 valence electrons. The van der Waals surface area contributed by atoms with Crippen molar-refractivity contribution in [2.24, 2.45) is 11.0 Å². The van der Waals surface area contributed by atoms with Gasteiger partial charge in [0.25, 0.3) is 0 Å². The molecule has 1 N–H and O–H groups in total. The van der Waals surface area contributed by atoms with E-state index in [4.69, 9.17) is 0 Å². The summed E-state index contributed by atoms with van der Waals surface area (Å²) in [5.74, 6) is 0.492. The summed E-state index contributed by atoms with van der Waals surface area (Å²) in [6.45, 7) is 2.14. The summed E-state index contributed by atoms with van der Waals surface area (Å²) < 4.78 is 4.42. The van der Waals surface area contributed by atoms with Crippen LogP contribution in [0, 0.1) is 5.92 Å². The van der Waals surface area contributed by atoms with Crippen molar-refractivity contribution in [3.05, 3.63) is 0 Å². The highest BCUT2D eigenvalue weighted by Crippen LogP contribution is 2.20. The van der Waals surface area contributed by atoms with Crippen LogP contribution < -0.4 is 5.43 Å². The van der Waals surface area contributed by atoms with E-state index in [1.807, 2.05) is 0 Å². The maximum absolute atomic E-state index is 10.7. The molecular formula is C9H16N2O2. The molecule has 0 aliphatic heterocycles. The van der Waals surface area contributed by atoms with Crippen molar-refractivity contribution in [1.29, 1.82) is 0 Å². The van der Waals surface area contributed by atoms with Gasteiger partial charge >= 0.3 is 6.09 Å². The van der Waals surface area contributed by atoms with Gasteiger partial charge in [-0.05, 0) is 25.2 Å². The van der Waals surface area contributed by atoms with Crippen molar-refractivity contribution >= 4 is 11.8 Å². The summed E-state index contributed by atoms with van der Waals surface area (Å²) >= 11 is 0. The van der Waals surface area contributed by atoms with Crippen LogP contribution in [0.1, 0.15) is 32.6 Å². The zero-order chi connectivity index (χ0) is 9.68. The number of hydrogen-bond acceptors (Lipinski definition) is 3. The molecule has 0 aromatic heterocycles. The second kappa shape index (κ2) is 4.84. The van der Waals surface area contributed by atoms with Crippen molar-refractivity contribution in [1.82, 2.24) is 5.43 Å². The number of carbonyl (C=O) groups is 1. The summed E-state index contributed by atoms with van der Waals surface area (Å²) in [7, 11) is 1.33. The van der Waals surface area contributed by atoms with E-state index in [1.165, 1.54) is 26.4 Å². The molecule has 0 bridgehead atoms. The second-order valence-corrected chi connectivity index (χ2v) is 3.35. The highest BCUT2D eigenvalue weighted by atomic mass is 16.5. The van der Waals surface area contributed by atoms with Crippen molar-refractivity contribution in [2.45, 2.75) is 32.6 Å². The third-order valence-electron chi connectivity index (χ3n) is 2.37. The smallest absolute Gasteiger partial charge is 0.427 e. The summed E-state index contributed by atoms with van der Waals surface area (Å²) in [4.78, 5) is 10.7. The van der Waals surface area contributed by atoms with E-state index in [0.29, 0.717) is 5.92 Å². The van der Waals surface area contributed by atoms with Crippen LogP contribution in [0.2, 0.25) is 0 Å². The van der Waals surface area contributed by atoms with Crippen LogP contribution in [0.5, 0.6) is 0 Å². The minimum absolute atomic E-state index is 0.492. The van der Waals surface area contributed by atoms with E-state index in [1.54, 1.807) is 0 Å². The molecule has 0 radical (unpaired) electrons. The first-order valence-electron chi connectivity index (χ1n) is 4.64. The number of ether oxygens (including phenoxy) is 1. The van der Waals surface area contributed by atoms with Crippen LogP contribution >= 0.6 is 0 Å². The lowest BCUT2D eigenvalue weighted by molar-refractivity contribution is 0.171. The second-order valence-electron chi connectivity index (χ2n) is 3.35. The monoisotopic (exact) mass is 184 g/mol. The van der Waals surface area contributed by atoms with E-state index >= 15 is 0 Å². The van der Waals surface area contributed by atoms with Gasteiger partial charge in [0.05, 0.1) is 7.11 Å². The van der Waals surface area contributed by atoms with Gasteiger partial charge in [-0.25, -0.2) is 10.2 Å². The maximum atomic E-state index is 10.7. The summed E-state index contributed by atoms with van der Waals surface area (Å²) in [5, 5.41) is 4.03.